The number of alkyl halides is 1. The minimum Gasteiger partial charge on any atom is -0.348 e. The zero-order chi connectivity index (χ0) is 15.6. The number of carbonyl (C=O) groups excluding carboxylic acids is 1. The van der Waals surface area contributed by atoms with Crippen LogP contribution in [0.15, 0.2) is 0 Å². The molecule has 0 fully saturated rings. The Balaban J connectivity index is 3.24. The van der Waals surface area contributed by atoms with Crippen molar-refractivity contribution in [3.8, 4) is 0 Å². The molecule has 0 saturated carbocycles. The largest absolute Gasteiger partial charge is 0.348 e. The van der Waals surface area contributed by atoms with Gasteiger partial charge in [0.05, 0.1) is 0 Å². The van der Waals surface area contributed by atoms with E-state index < -0.39 is 46.6 Å². The molecule has 1 unspecified atom stereocenters. The number of nitrogens with one attached hydrogen (secondary N) is 1. The number of hydrogen-bond donors (Lipinski definition) is 1. The highest BCUT2D eigenvalue weighted by molar-refractivity contribution is 9.09. The number of benzene rings is 1. The van der Waals surface area contributed by atoms with E-state index in [2.05, 4.69) is 21.2 Å². The molecule has 1 aromatic carbocycles. The van der Waals surface area contributed by atoms with Gasteiger partial charge in [-0.2, -0.15) is 0 Å². The number of hydrogen-bond acceptors (Lipinski definition) is 1. The Morgan fingerprint density at radius 1 is 1.00 bits per heavy atom. The number of rotatable bonds is 4. The molecule has 0 saturated heterocycles. The van der Waals surface area contributed by atoms with Crippen LogP contribution in [0.5, 0.6) is 0 Å². The highest BCUT2D eigenvalue weighted by Crippen LogP contribution is 2.23. The van der Waals surface area contributed by atoms with Crippen molar-refractivity contribution in [1.82, 2.24) is 5.32 Å². The Morgan fingerprint density at radius 2 is 1.40 bits per heavy atom. The molecule has 1 rings (SSSR count). The number of carbonyl (C=O) groups is 1. The van der Waals surface area contributed by atoms with E-state index in [1.54, 1.807) is 13.8 Å². The van der Waals surface area contributed by atoms with Crippen molar-refractivity contribution in [2.75, 3.05) is 5.33 Å². The molecule has 1 atom stereocenters. The van der Waals surface area contributed by atoms with Gasteiger partial charge in [0.2, 0.25) is 5.82 Å². The molecule has 0 bridgehead atoms. The average Bonchev–Trinajstić information content (AvgIpc) is 2.40. The first kappa shape index (κ1) is 16.9. The molecule has 0 aliphatic heterocycles. The second kappa shape index (κ2) is 6.51. The molecular weight excluding hydrogens is 349 g/mol. The van der Waals surface area contributed by atoms with Gasteiger partial charge in [0, 0.05) is 11.4 Å². The van der Waals surface area contributed by atoms with Crippen LogP contribution in [0.3, 0.4) is 0 Å². The van der Waals surface area contributed by atoms with E-state index in [4.69, 9.17) is 0 Å². The average molecular weight is 360 g/mol. The smallest absolute Gasteiger partial charge is 0.257 e. The highest BCUT2D eigenvalue weighted by Gasteiger charge is 2.30. The van der Waals surface area contributed by atoms with Gasteiger partial charge < -0.3 is 5.32 Å². The molecule has 0 spiro atoms. The van der Waals surface area contributed by atoms with Crippen molar-refractivity contribution >= 4 is 21.8 Å². The van der Waals surface area contributed by atoms with Crippen molar-refractivity contribution < 1.29 is 26.7 Å². The predicted molar refractivity (Wildman–Crippen MR) is 66.1 cm³/mol. The monoisotopic (exact) mass is 359 g/mol. The Morgan fingerprint density at radius 3 is 1.75 bits per heavy atom. The summed E-state index contributed by atoms with van der Waals surface area (Å²) in [7, 11) is 0. The molecule has 0 aromatic heterocycles. The van der Waals surface area contributed by atoms with Crippen LogP contribution < -0.4 is 5.32 Å². The van der Waals surface area contributed by atoms with E-state index in [-0.39, 0.29) is 11.2 Å². The zero-order valence-corrected chi connectivity index (χ0v) is 12.1. The summed E-state index contributed by atoms with van der Waals surface area (Å²) < 4.78 is 65.7. The van der Waals surface area contributed by atoms with E-state index in [9.17, 15) is 26.7 Å². The standard InChI is InChI=1S/C12H11BrF5NO/c1-4(2)5(3-13)19-12(20)6-7(14)9(16)11(18)10(17)8(6)15/h4-5H,3H2,1-2H3,(H,19,20). The first-order chi connectivity index (χ1) is 9.22. The minimum absolute atomic E-state index is 0.0976. The molecule has 0 radical (unpaired) electrons. The maximum absolute atomic E-state index is 13.4. The lowest BCUT2D eigenvalue weighted by Crippen LogP contribution is -2.40. The van der Waals surface area contributed by atoms with Crippen LogP contribution in [-0.2, 0) is 0 Å². The van der Waals surface area contributed by atoms with Gasteiger partial charge in [-0.3, -0.25) is 4.79 Å². The van der Waals surface area contributed by atoms with Gasteiger partial charge in [0.15, 0.2) is 23.3 Å². The minimum atomic E-state index is -2.29. The van der Waals surface area contributed by atoms with Gasteiger partial charge in [-0.1, -0.05) is 29.8 Å². The lowest BCUT2D eigenvalue weighted by atomic mass is 10.1. The van der Waals surface area contributed by atoms with Gasteiger partial charge in [-0.25, -0.2) is 22.0 Å². The summed E-state index contributed by atoms with van der Waals surface area (Å²) >= 11 is 3.08. The summed E-state index contributed by atoms with van der Waals surface area (Å²) in [4.78, 5) is 11.7. The zero-order valence-electron chi connectivity index (χ0n) is 10.5. The maximum Gasteiger partial charge on any atom is 0.257 e. The van der Waals surface area contributed by atoms with Crippen LogP contribution in [0.25, 0.3) is 0 Å². The maximum atomic E-state index is 13.4. The molecule has 112 valence electrons. The molecule has 1 aromatic rings. The van der Waals surface area contributed by atoms with Crippen LogP contribution in [0, 0.1) is 35.0 Å². The van der Waals surface area contributed by atoms with Crippen molar-refractivity contribution in [3.05, 3.63) is 34.6 Å². The van der Waals surface area contributed by atoms with E-state index >= 15 is 0 Å². The van der Waals surface area contributed by atoms with Crippen molar-refractivity contribution in [3.63, 3.8) is 0 Å². The fraction of sp³-hybridized carbons (Fsp3) is 0.417. The lowest BCUT2D eigenvalue weighted by molar-refractivity contribution is 0.0920. The van der Waals surface area contributed by atoms with Gasteiger partial charge >= 0.3 is 0 Å². The second-order valence-electron chi connectivity index (χ2n) is 4.42. The lowest BCUT2D eigenvalue weighted by Gasteiger charge is -2.20. The second-order valence-corrected chi connectivity index (χ2v) is 5.07. The summed E-state index contributed by atoms with van der Waals surface area (Å²) in [6.45, 7) is 3.45. The van der Waals surface area contributed by atoms with Crippen LogP contribution in [0.2, 0.25) is 0 Å². The molecular formula is C12H11BrF5NO. The molecule has 1 amide bonds. The topological polar surface area (TPSA) is 29.1 Å². The summed E-state index contributed by atoms with van der Waals surface area (Å²) in [6.07, 6.45) is 0. The third kappa shape index (κ3) is 3.11. The third-order valence-corrected chi connectivity index (χ3v) is 3.42. The Bertz CT molecular complexity index is 506. The summed E-state index contributed by atoms with van der Waals surface area (Å²) in [6, 6.07) is -0.516. The molecule has 0 heterocycles. The Kier molecular flexibility index (Phi) is 5.50. The van der Waals surface area contributed by atoms with E-state index in [0.29, 0.717) is 0 Å². The van der Waals surface area contributed by atoms with Gasteiger partial charge in [0.1, 0.15) is 5.56 Å². The highest BCUT2D eigenvalue weighted by atomic mass is 79.9. The van der Waals surface area contributed by atoms with Crippen molar-refractivity contribution in [2.45, 2.75) is 19.9 Å². The van der Waals surface area contributed by atoms with E-state index in [1.807, 2.05) is 0 Å². The fourth-order valence-electron chi connectivity index (χ4n) is 1.43. The first-order valence-corrected chi connectivity index (χ1v) is 6.72. The summed E-state index contributed by atoms with van der Waals surface area (Å²) in [5.41, 5.74) is -1.48. The summed E-state index contributed by atoms with van der Waals surface area (Å²) in [5.74, 6) is -12.3. The number of halogens is 6. The quantitative estimate of drug-likeness (QED) is 0.379. The Labute approximate surface area is 120 Å². The molecule has 0 aliphatic rings. The van der Waals surface area contributed by atoms with Crippen LogP contribution >= 0.6 is 15.9 Å². The van der Waals surface area contributed by atoms with Gasteiger partial charge in [0.25, 0.3) is 5.91 Å². The molecule has 2 nitrogen and oxygen atoms in total. The van der Waals surface area contributed by atoms with Crippen LogP contribution in [0.4, 0.5) is 22.0 Å². The van der Waals surface area contributed by atoms with Crippen molar-refractivity contribution in [1.29, 1.82) is 0 Å². The number of amides is 1. The fourth-order valence-corrected chi connectivity index (χ4v) is 2.34. The third-order valence-electron chi connectivity index (χ3n) is 2.72. The molecule has 0 aliphatic carbocycles. The van der Waals surface area contributed by atoms with E-state index in [1.165, 1.54) is 0 Å². The Hall–Kier alpha value is -1.18. The van der Waals surface area contributed by atoms with Crippen LogP contribution in [0.1, 0.15) is 24.2 Å². The first-order valence-electron chi connectivity index (χ1n) is 5.60. The summed E-state index contributed by atoms with van der Waals surface area (Å²) in [5, 5.41) is 2.49. The molecule has 1 N–H and O–H groups in total. The molecule has 8 heteroatoms. The van der Waals surface area contributed by atoms with Gasteiger partial charge in [-0.05, 0) is 5.92 Å². The molecule has 20 heavy (non-hydrogen) atoms. The van der Waals surface area contributed by atoms with E-state index in [0.717, 1.165) is 0 Å². The van der Waals surface area contributed by atoms with Crippen LogP contribution in [-0.4, -0.2) is 17.3 Å². The predicted octanol–water partition coefficient (Wildman–Crippen LogP) is 3.53. The normalized spacial score (nSPS) is 12.7. The van der Waals surface area contributed by atoms with Crippen molar-refractivity contribution in [2.24, 2.45) is 5.92 Å². The SMILES string of the molecule is CC(C)C(CBr)NC(=O)c1c(F)c(F)c(F)c(F)c1F. The van der Waals surface area contributed by atoms with Gasteiger partial charge in [-0.15, -0.1) is 0 Å².